The zero-order valence-corrected chi connectivity index (χ0v) is 16.5. The van der Waals surface area contributed by atoms with E-state index in [0.29, 0.717) is 29.5 Å². The van der Waals surface area contributed by atoms with E-state index in [1.807, 2.05) is 7.05 Å². The Labute approximate surface area is 155 Å². The Morgan fingerprint density at radius 1 is 1.23 bits per heavy atom. The Balaban J connectivity index is 0.00000144. The smallest absolute Gasteiger partial charge is 0.191 e. The van der Waals surface area contributed by atoms with Crippen LogP contribution in [0.25, 0.3) is 0 Å². The number of halogens is 1. The molecule has 2 saturated heterocycles. The molecule has 0 bridgehead atoms. The van der Waals surface area contributed by atoms with Gasteiger partial charge in [-0.15, -0.1) is 24.0 Å². The van der Waals surface area contributed by atoms with E-state index in [2.05, 4.69) is 27.4 Å². The van der Waals surface area contributed by atoms with Gasteiger partial charge in [0.25, 0.3) is 0 Å². The van der Waals surface area contributed by atoms with Gasteiger partial charge >= 0.3 is 0 Å². The summed E-state index contributed by atoms with van der Waals surface area (Å²) in [4.78, 5) is 4.49. The second kappa shape index (κ2) is 7.05. The molecule has 0 aromatic rings. The van der Waals surface area contributed by atoms with E-state index < -0.39 is 0 Å². The van der Waals surface area contributed by atoms with Crippen LogP contribution in [0.5, 0.6) is 0 Å². The Morgan fingerprint density at radius 3 is 2.73 bits per heavy atom. The average molecular weight is 437 g/mol. The number of rotatable bonds is 2. The summed E-state index contributed by atoms with van der Waals surface area (Å²) in [6.07, 6.45) is 8.40. The van der Waals surface area contributed by atoms with Gasteiger partial charge < -0.3 is 15.4 Å². The monoisotopic (exact) mass is 437 g/mol. The van der Waals surface area contributed by atoms with Gasteiger partial charge in [0.2, 0.25) is 0 Å². The van der Waals surface area contributed by atoms with Gasteiger partial charge in [-0.05, 0) is 37.9 Å². The van der Waals surface area contributed by atoms with Crippen molar-refractivity contribution in [2.45, 2.75) is 56.7 Å². The lowest BCUT2D eigenvalue weighted by Gasteiger charge is -2.63. The molecule has 126 valence electrons. The number of nitrogens with one attached hydrogen (secondary N) is 2. The van der Waals surface area contributed by atoms with Crippen LogP contribution in [-0.2, 0) is 4.74 Å². The van der Waals surface area contributed by atoms with E-state index >= 15 is 0 Å². The molecule has 4 atom stereocenters. The molecule has 1 spiro atoms. The number of ether oxygens (including phenoxy) is 1. The molecule has 2 aliphatic carbocycles. The van der Waals surface area contributed by atoms with E-state index in [4.69, 9.17) is 4.74 Å². The van der Waals surface area contributed by atoms with Crippen LogP contribution in [0.3, 0.4) is 0 Å². The Morgan fingerprint density at radius 2 is 2.09 bits per heavy atom. The molecule has 4 nitrogen and oxygen atoms in total. The summed E-state index contributed by atoms with van der Waals surface area (Å²) in [7, 11) is 1.90. The normalized spacial score (nSPS) is 39.2. The largest absolute Gasteiger partial charge is 0.377 e. The third kappa shape index (κ3) is 2.77. The van der Waals surface area contributed by atoms with Gasteiger partial charge in [0.15, 0.2) is 5.96 Å². The van der Waals surface area contributed by atoms with Crippen LogP contribution < -0.4 is 10.6 Å². The fourth-order valence-electron chi connectivity index (χ4n) is 4.82. The lowest BCUT2D eigenvalue weighted by molar-refractivity contribution is -0.171. The van der Waals surface area contributed by atoms with Gasteiger partial charge in [0.05, 0.1) is 6.10 Å². The highest BCUT2D eigenvalue weighted by Crippen LogP contribution is 2.62. The summed E-state index contributed by atoms with van der Waals surface area (Å²) in [5, 5.41) is 7.41. The van der Waals surface area contributed by atoms with E-state index in [9.17, 15) is 0 Å². The molecule has 2 heterocycles. The molecule has 0 amide bonds. The first-order chi connectivity index (χ1) is 10.3. The number of hydrogen-bond donors (Lipinski definition) is 2. The second-order valence-corrected chi connectivity index (χ2v) is 8.23. The predicted molar refractivity (Wildman–Crippen MR) is 103 cm³/mol. The Hall–Kier alpha value is 0.310. The molecule has 2 saturated carbocycles. The minimum Gasteiger partial charge on any atom is -0.377 e. The van der Waals surface area contributed by atoms with Crippen molar-refractivity contribution in [3.63, 3.8) is 0 Å². The second-order valence-electron chi connectivity index (χ2n) is 7.08. The highest BCUT2D eigenvalue weighted by Gasteiger charge is 2.66. The van der Waals surface area contributed by atoms with Crippen LogP contribution in [0.2, 0.25) is 0 Å². The van der Waals surface area contributed by atoms with Gasteiger partial charge in [0.1, 0.15) is 0 Å². The van der Waals surface area contributed by atoms with Crippen molar-refractivity contribution in [1.82, 2.24) is 10.6 Å². The van der Waals surface area contributed by atoms with E-state index in [1.54, 1.807) is 0 Å². The first-order valence-corrected chi connectivity index (χ1v) is 9.68. The highest BCUT2D eigenvalue weighted by atomic mass is 127. The van der Waals surface area contributed by atoms with Crippen molar-refractivity contribution < 1.29 is 4.74 Å². The molecular formula is C16H28IN3OS. The zero-order chi connectivity index (χ0) is 14.3. The third-order valence-electron chi connectivity index (χ3n) is 6.05. The molecule has 0 aromatic carbocycles. The maximum absolute atomic E-state index is 6.00. The van der Waals surface area contributed by atoms with Gasteiger partial charge in [-0.25, -0.2) is 0 Å². The van der Waals surface area contributed by atoms with Crippen molar-refractivity contribution in [1.29, 1.82) is 0 Å². The Bertz CT molecular complexity index is 424. The molecular weight excluding hydrogens is 409 g/mol. The molecule has 0 radical (unpaired) electrons. The molecule has 0 aromatic heterocycles. The molecule has 2 aliphatic heterocycles. The van der Waals surface area contributed by atoms with Crippen LogP contribution >= 0.6 is 35.7 Å². The maximum atomic E-state index is 6.00. The molecule has 22 heavy (non-hydrogen) atoms. The number of fused-ring (bicyclic) bond motifs is 2. The van der Waals surface area contributed by atoms with Crippen LogP contribution in [0.4, 0.5) is 0 Å². The van der Waals surface area contributed by atoms with Crippen molar-refractivity contribution in [3.05, 3.63) is 0 Å². The number of guanidine groups is 1. The molecule has 4 aliphatic rings. The maximum Gasteiger partial charge on any atom is 0.191 e. The van der Waals surface area contributed by atoms with E-state index in [0.717, 1.165) is 12.6 Å². The molecule has 2 N–H and O–H groups in total. The zero-order valence-electron chi connectivity index (χ0n) is 13.3. The summed E-state index contributed by atoms with van der Waals surface area (Å²) in [6, 6.07) is 1.17. The number of nitrogens with zero attached hydrogens (tertiary/aromatic N) is 1. The van der Waals surface area contributed by atoms with Gasteiger partial charge in [-0.3, -0.25) is 4.99 Å². The molecule has 4 rings (SSSR count). The van der Waals surface area contributed by atoms with E-state index in [-0.39, 0.29) is 24.0 Å². The fourth-order valence-corrected chi connectivity index (χ4v) is 5.89. The molecule has 4 fully saturated rings. The molecule has 4 unspecified atom stereocenters. The summed E-state index contributed by atoms with van der Waals surface area (Å²) in [5.41, 5.74) is 0.431. The third-order valence-corrected chi connectivity index (χ3v) is 7.27. The van der Waals surface area contributed by atoms with Gasteiger partial charge in [-0.1, -0.05) is 6.42 Å². The topological polar surface area (TPSA) is 45.7 Å². The van der Waals surface area contributed by atoms with Crippen LogP contribution in [0, 0.1) is 11.3 Å². The SMILES string of the molecule is CN=C(NC1CCCSC1)NC1C2CCOC2C12CCC2.I. The Kier molecular flexibility index (Phi) is 5.49. The van der Waals surface area contributed by atoms with Crippen molar-refractivity contribution >= 4 is 41.7 Å². The minimum absolute atomic E-state index is 0. The van der Waals surface area contributed by atoms with Crippen LogP contribution in [-0.4, -0.2) is 49.3 Å². The number of thioether (sulfide) groups is 1. The van der Waals surface area contributed by atoms with E-state index in [1.165, 1.54) is 50.0 Å². The quantitative estimate of drug-likeness (QED) is 0.396. The van der Waals surface area contributed by atoms with Gasteiger partial charge in [0, 0.05) is 42.8 Å². The number of hydrogen-bond acceptors (Lipinski definition) is 3. The summed E-state index contributed by atoms with van der Waals surface area (Å²) in [6.45, 7) is 0.959. The van der Waals surface area contributed by atoms with Crippen molar-refractivity contribution in [2.24, 2.45) is 16.3 Å². The first-order valence-electron chi connectivity index (χ1n) is 8.53. The summed E-state index contributed by atoms with van der Waals surface area (Å²) >= 11 is 2.06. The van der Waals surface area contributed by atoms with Crippen LogP contribution in [0.15, 0.2) is 4.99 Å². The average Bonchev–Trinajstić information content (AvgIpc) is 2.88. The van der Waals surface area contributed by atoms with Crippen LogP contribution in [0.1, 0.15) is 38.5 Å². The molecule has 6 heteroatoms. The summed E-state index contributed by atoms with van der Waals surface area (Å²) in [5.74, 6) is 4.26. The first kappa shape index (κ1) is 17.1. The van der Waals surface area contributed by atoms with Gasteiger partial charge in [-0.2, -0.15) is 11.8 Å². The van der Waals surface area contributed by atoms with Crippen molar-refractivity contribution in [2.75, 3.05) is 25.2 Å². The lowest BCUT2D eigenvalue weighted by Crippen LogP contribution is -2.72. The standard InChI is InChI=1S/C16H27N3OS.HI/c1-17-15(18-11-4-2-9-21-10-11)19-13-12-5-8-20-14(12)16(13)6-3-7-16;/h11-14H,2-10H2,1H3,(H2,17,18,19);1H. The lowest BCUT2D eigenvalue weighted by atomic mass is 9.46. The summed E-state index contributed by atoms with van der Waals surface area (Å²) < 4.78 is 6.00. The predicted octanol–water partition coefficient (Wildman–Crippen LogP) is 2.62. The minimum atomic E-state index is 0. The fraction of sp³-hybridized carbons (Fsp3) is 0.938. The van der Waals surface area contributed by atoms with Crippen molar-refractivity contribution in [3.8, 4) is 0 Å². The number of aliphatic imine (C=N–C) groups is 1. The highest BCUT2D eigenvalue weighted by molar-refractivity contribution is 14.0.